The van der Waals surface area contributed by atoms with Gasteiger partial charge in [-0.05, 0) is 31.2 Å². The van der Waals surface area contributed by atoms with Crippen molar-refractivity contribution in [3.63, 3.8) is 0 Å². The molecule has 0 spiro atoms. The number of carbonyl (C=O) groups is 1. The summed E-state index contributed by atoms with van der Waals surface area (Å²) in [5.74, 6) is 0.244. The molecule has 1 aliphatic carbocycles. The van der Waals surface area contributed by atoms with Crippen LogP contribution in [-0.2, 0) is 11.2 Å². The van der Waals surface area contributed by atoms with Crippen LogP contribution in [0.25, 0.3) is 0 Å². The van der Waals surface area contributed by atoms with Crippen molar-refractivity contribution >= 4 is 11.5 Å². The molecule has 3 nitrogen and oxygen atoms in total. The largest absolute Gasteiger partial charge is 0.511 e. The van der Waals surface area contributed by atoms with Crippen molar-refractivity contribution in [2.24, 2.45) is 4.99 Å². The van der Waals surface area contributed by atoms with Gasteiger partial charge in [-0.25, -0.2) is 0 Å². The number of hydrogen-bond donors (Lipinski definition) is 1. The maximum absolute atomic E-state index is 12.4. The number of hydrogen-bond acceptors (Lipinski definition) is 3. The lowest BCUT2D eigenvalue weighted by Crippen LogP contribution is -2.36. The molecular formula is C19H23NO2. The Morgan fingerprint density at radius 1 is 1.18 bits per heavy atom. The highest BCUT2D eigenvalue weighted by Crippen LogP contribution is 2.36. The van der Waals surface area contributed by atoms with Gasteiger partial charge in [-0.2, -0.15) is 0 Å². The number of fused-ring (bicyclic) bond motifs is 1. The van der Waals surface area contributed by atoms with Gasteiger partial charge in [0.1, 0.15) is 5.76 Å². The van der Waals surface area contributed by atoms with Crippen molar-refractivity contribution in [2.75, 3.05) is 0 Å². The van der Waals surface area contributed by atoms with Crippen molar-refractivity contribution < 1.29 is 9.90 Å². The molecule has 0 saturated heterocycles. The predicted molar refractivity (Wildman–Crippen MR) is 88.5 cm³/mol. The SMILES string of the molecule is CCC1(CC)Cc2ccccc2C(C2=C(O)CCCC2=O)=N1. The van der Waals surface area contributed by atoms with E-state index < -0.39 is 0 Å². The standard InChI is InChI=1S/C19H23NO2/c1-3-19(4-2)12-13-8-5-6-9-14(13)18(20-19)17-15(21)10-7-11-16(17)22/h5-6,8-9,21H,3-4,7,10-12H2,1-2H3. The van der Waals surface area contributed by atoms with Crippen LogP contribution in [0.5, 0.6) is 0 Å². The van der Waals surface area contributed by atoms with Gasteiger partial charge in [0.05, 0.1) is 16.8 Å². The number of allylic oxidation sites excluding steroid dienone is 2. The number of aliphatic imine (C=N–C) groups is 1. The summed E-state index contributed by atoms with van der Waals surface area (Å²) >= 11 is 0. The van der Waals surface area contributed by atoms with Crippen LogP contribution in [0.4, 0.5) is 0 Å². The van der Waals surface area contributed by atoms with E-state index in [1.807, 2.05) is 18.2 Å². The first-order valence-corrected chi connectivity index (χ1v) is 8.24. The summed E-state index contributed by atoms with van der Waals surface area (Å²) in [6.07, 6.45) is 4.59. The molecule has 0 fully saturated rings. The first kappa shape index (κ1) is 15.0. The van der Waals surface area contributed by atoms with Gasteiger partial charge in [0.25, 0.3) is 0 Å². The fourth-order valence-corrected chi connectivity index (χ4v) is 3.54. The Morgan fingerprint density at radius 3 is 2.59 bits per heavy atom. The smallest absolute Gasteiger partial charge is 0.168 e. The van der Waals surface area contributed by atoms with E-state index in [0.717, 1.165) is 31.2 Å². The Hall–Kier alpha value is -1.90. The molecule has 3 rings (SSSR count). The molecule has 1 aromatic rings. The molecule has 0 bridgehead atoms. The number of carbonyl (C=O) groups excluding carboxylic acids is 1. The summed E-state index contributed by atoms with van der Waals surface area (Å²) in [4.78, 5) is 17.4. The molecule has 2 aliphatic rings. The maximum atomic E-state index is 12.4. The van der Waals surface area contributed by atoms with Crippen LogP contribution in [-0.4, -0.2) is 22.1 Å². The number of rotatable bonds is 3. The van der Waals surface area contributed by atoms with Crippen LogP contribution in [0, 0.1) is 0 Å². The molecule has 1 aliphatic heterocycles. The highest BCUT2D eigenvalue weighted by molar-refractivity contribution is 6.30. The van der Waals surface area contributed by atoms with Crippen molar-refractivity contribution in [2.45, 2.75) is 57.9 Å². The van der Waals surface area contributed by atoms with Gasteiger partial charge in [-0.15, -0.1) is 0 Å². The van der Waals surface area contributed by atoms with Crippen LogP contribution < -0.4 is 0 Å². The number of aliphatic hydroxyl groups is 1. The average molecular weight is 297 g/mol. The summed E-state index contributed by atoms with van der Waals surface area (Å²) < 4.78 is 0. The zero-order chi connectivity index (χ0) is 15.7. The second-order valence-corrected chi connectivity index (χ2v) is 6.32. The minimum Gasteiger partial charge on any atom is -0.511 e. The first-order chi connectivity index (χ1) is 10.6. The lowest BCUT2D eigenvalue weighted by atomic mass is 9.78. The van der Waals surface area contributed by atoms with Crippen LogP contribution in [0.1, 0.15) is 57.1 Å². The monoisotopic (exact) mass is 297 g/mol. The van der Waals surface area contributed by atoms with E-state index in [4.69, 9.17) is 4.99 Å². The summed E-state index contributed by atoms with van der Waals surface area (Å²) in [7, 11) is 0. The van der Waals surface area contributed by atoms with Crippen LogP contribution in [0.2, 0.25) is 0 Å². The van der Waals surface area contributed by atoms with Gasteiger partial charge in [-0.3, -0.25) is 9.79 Å². The Bertz CT molecular complexity index is 666. The van der Waals surface area contributed by atoms with Crippen LogP contribution in [0.3, 0.4) is 0 Å². The number of Topliss-reactive ketones (excluding diaryl/α,β-unsaturated/α-hetero) is 1. The highest BCUT2D eigenvalue weighted by atomic mass is 16.3. The normalized spacial score (nSPS) is 20.6. The molecule has 0 radical (unpaired) electrons. The minimum atomic E-state index is -0.158. The number of ketones is 1. The third-order valence-corrected chi connectivity index (χ3v) is 5.08. The van der Waals surface area contributed by atoms with Crippen LogP contribution >= 0.6 is 0 Å². The Labute approximate surface area is 131 Å². The van der Waals surface area contributed by atoms with Gasteiger partial charge in [0.2, 0.25) is 0 Å². The third kappa shape index (κ3) is 2.39. The topological polar surface area (TPSA) is 49.7 Å². The Kier molecular flexibility index (Phi) is 3.90. The van der Waals surface area contributed by atoms with Gasteiger partial charge in [-0.1, -0.05) is 38.1 Å². The molecule has 1 heterocycles. The number of benzene rings is 1. The van der Waals surface area contributed by atoms with E-state index in [9.17, 15) is 9.90 Å². The lowest BCUT2D eigenvalue weighted by molar-refractivity contribution is -0.115. The van der Waals surface area contributed by atoms with E-state index in [-0.39, 0.29) is 17.1 Å². The fourth-order valence-electron chi connectivity index (χ4n) is 3.54. The molecule has 22 heavy (non-hydrogen) atoms. The summed E-state index contributed by atoms with van der Waals surface area (Å²) in [5.41, 5.74) is 3.26. The second kappa shape index (κ2) is 5.71. The Balaban J connectivity index is 2.21. The Morgan fingerprint density at radius 2 is 1.91 bits per heavy atom. The first-order valence-electron chi connectivity index (χ1n) is 8.24. The summed E-state index contributed by atoms with van der Waals surface area (Å²) in [6, 6.07) is 8.15. The molecular weight excluding hydrogens is 274 g/mol. The number of nitrogens with zero attached hydrogens (tertiary/aromatic N) is 1. The lowest BCUT2D eigenvalue weighted by Gasteiger charge is -2.35. The van der Waals surface area contributed by atoms with Gasteiger partial charge < -0.3 is 5.11 Å². The van der Waals surface area contributed by atoms with Crippen molar-refractivity contribution in [1.82, 2.24) is 0 Å². The summed E-state index contributed by atoms with van der Waals surface area (Å²) in [5, 5.41) is 10.3. The number of aliphatic hydroxyl groups excluding tert-OH is 1. The molecule has 0 amide bonds. The zero-order valence-electron chi connectivity index (χ0n) is 13.4. The predicted octanol–water partition coefficient (Wildman–Crippen LogP) is 4.16. The third-order valence-electron chi connectivity index (χ3n) is 5.08. The van der Waals surface area contributed by atoms with Gasteiger partial charge in [0.15, 0.2) is 5.78 Å². The fraction of sp³-hybridized carbons (Fsp3) is 0.474. The average Bonchev–Trinajstić information content (AvgIpc) is 2.54. The van der Waals surface area contributed by atoms with E-state index in [1.165, 1.54) is 5.56 Å². The molecule has 0 atom stereocenters. The van der Waals surface area contributed by atoms with Crippen molar-refractivity contribution in [3.05, 3.63) is 46.7 Å². The molecule has 3 heteroatoms. The molecule has 1 N–H and O–H groups in total. The van der Waals surface area contributed by atoms with Crippen molar-refractivity contribution in [3.8, 4) is 0 Å². The van der Waals surface area contributed by atoms with E-state index in [2.05, 4.69) is 19.9 Å². The van der Waals surface area contributed by atoms with E-state index in [0.29, 0.717) is 24.1 Å². The molecule has 0 aromatic heterocycles. The van der Waals surface area contributed by atoms with Gasteiger partial charge >= 0.3 is 0 Å². The van der Waals surface area contributed by atoms with E-state index in [1.54, 1.807) is 0 Å². The summed E-state index contributed by atoms with van der Waals surface area (Å²) in [6.45, 7) is 4.30. The van der Waals surface area contributed by atoms with Gasteiger partial charge in [0, 0.05) is 18.4 Å². The second-order valence-electron chi connectivity index (χ2n) is 6.32. The molecule has 116 valence electrons. The van der Waals surface area contributed by atoms with Crippen molar-refractivity contribution in [1.29, 1.82) is 0 Å². The highest BCUT2D eigenvalue weighted by Gasteiger charge is 2.36. The zero-order valence-corrected chi connectivity index (χ0v) is 13.4. The van der Waals surface area contributed by atoms with E-state index >= 15 is 0 Å². The maximum Gasteiger partial charge on any atom is 0.168 e. The van der Waals surface area contributed by atoms with Crippen LogP contribution in [0.15, 0.2) is 40.6 Å². The minimum absolute atomic E-state index is 0.0281. The molecule has 1 aromatic carbocycles. The molecule has 0 saturated carbocycles. The quantitative estimate of drug-likeness (QED) is 0.911. The molecule has 0 unspecified atom stereocenters.